The Kier molecular flexibility index (Phi) is 9.00. The summed E-state index contributed by atoms with van der Waals surface area (Å²) in [7, 11) is 4.05. The Balaban J connectivity index is 0.00000134. The van der Waals surface area contributed by atoms with Crippen LogP contribution in [0.5, 0.6) is 0 Å². The van der Waals surface area contributed by atoms with Gasteiger partial charge in [0.25, 0.3) is 0 Å². The Bertz CT molecular complexity index is 918. The van der Waals surface area contributed by atoms with E-state index in [1.807, 2.05) is 38.6 Å². The van der Waals surface area contributed by atoms with Crippen LogP contribution in [0.2, 0.25) is 0 Å². The zero-order valence-electron chi connectivity index (χ0n) is 18.4. The minimum atomic E-state index is -14.9. The van der Waals surface area contributed by atoms with Gasteiger partial charge in [-0.25, -0.2) is 4.98 Å². The van der Waals surface area contributed by atoms with E-state index in [4.69, 9.17) is 0 Å². The summed E-state index contributed by atoms with van der Waals surface area (Å²) in [5, 5.41) is 0. The maximum atomic E-state index is 14.6. The summed E-state index contributed by atoms with van der Waals surface area (Å²) < 4.78 is 257. The Morgan fingerprint density at radius 2 is 0.897 bits per heavy atom. The van der Waals surface area contributed by atoms with E-state index in [1.54, 1.807) is 0 Å². The number of aromatic amines is 1. The minimum absolute atomic E-state index is 1.01. The third kappa shape index (κ3) is 5.01. The zero-order valence-corrected chi connectivity index (χ0v) is 19.3. The molecule has 0 radical (unpaired) electrons. The van der Waals surface area contributed by atoms with E-state index in [1.165, 1.54) is 5.69 Å². The number of nitrogens with zero attached hydrogens (tertiary/aromatic N) is 1. The van der Waals surface area contributed by atoms with Crippen molar-refractivity contribution in [1.29, 1.82) is 0 Å². The molecule has 0 bridgehead atoms. The first-order valence-electron chi connectivity index (χ1n) is 8.92. The Morgan fingerprint density at radius 3 is 1.08 bits per heavy atom. The molecule has 1 aromatic rings. The molecule has 0 saturated heterocycles. The zero-order chi connectivity index (χ0) is 32.0. The molecule has 0 amide bonds. The molecule has 0 saturated carbocycles. The summed E-state index contributed by atoms with van der Waals surface area (Å²) in [6.07, 6.45) is -29.7. The molecule has 0 fully saturated rings. The van der Waals surface area contributed by atoms with Crippen LogP contribution < -0.4 is 9.88 Å². The molecule has 1 heterocycles. The molecule has 1 aromatic heterocycles. The predicted molar refractivity (Wildman–Crippen MR) is 91.5 cm³/mol. The van der Waals surface area contributed by atoms with E-state index in [9.17, 15) is 87.4 Å². The Hall–Kier alpha value is -2.06. The van der Waals surface area contributed by atoms with Crippen molar-refractivity contribution in [2.45, 2.75) is 41.7 Å². The molecule has 0 aliphatic carbocycles. The van der Waals surface area contributed by atoms with Gasteiger partial charge < -0.3 is 4.90 Å². The summed E-state index contributed by atoms with van der Waals surface area (Å²) in [5.41, 5.74) is -28.3. The fourth-order valence-corrected chi connectivity index (χ4v) is 6.12. The molecule has 24 heteroatoms. The fraction of sp³-hybridized carbons (Fsp3) is 0.667. The third-order valence-corrected chi connectivity index (χ3v) is 9.70. The van der Waals surface area contributed by atoms with E-state index < -0.39 is 55.1 Å². The average molecular weight is 648 g/mol. The molecule has 0 aliphatic heterocycles. The number of nitrogens with one attached hydrogen (secondary N) is 1. The Morgan fingerprint density at radius 1 is 0.615 bits per heavy atom. The van der Waals surface area contributed by atoms with Crippen LogP contribution in [0.3, 0.4) is 0 Å². The van der Waals surface area contributed by atoms with Crippen LogP contribution in [0.4, 0.5) is 93.1 Å². The van der Waals surface area contributed by atoms with Crippen molar-refractivity contribution >= 4 is 12.5 Å². The number of H-pyrrole nitrogens is 1. The quantitative estimate of drug-likeness (QED) is 0.229. The molecule has 1 N–H and O–H groups in total. The SMILES string of the molecule is CN(C)c1cc[nH+]cc1.FC(F)(F)CO[P-](F)(F)(C(F)(F)C(F)(F)F)(C(F)(F)C(F)(F)F)C(F)(F)C(F)(F)F. The summed E-state index contributed by atoms with van der Waals surface area (Å²) in [6.45, 7) is -19.8. The molecule has 0 spiro atoms. The van der Waals surface area contributed by atoms with Crippen molar-refractivity contribution in [1.82, 2.24) is 0 Å². The van der Waals surface area contributed by atoms with Crippen LogP contribution in [0, 0.1) is 0 Å². The van der Waals surface area contributed by atoms with Crippen molar-refractivity contribution < 1.29 is 96.9 Å². The predicted octanol–water partition coefficient (Wildman–Crippen LogP) is 8.37. The summed E-state index contributed by atoms with van der Waals surface area (Å²) in [4.78, 5) is 5.02. The average Bonchev–Trinajstić information content (AvgIpc) is 2.70. The van der Waals surface area contributed by atoms with Gasteiger partial charge in [0.05, 0.1) is 0 Å². The van der Waals surface area contributed by atoms with Crippen molar-refractivity contribution in [2.24, 2.45) is 0 Å². The summed E-state index contributed by atoms with van der Waals surface area (Å²) in [6, 6.07) is 4.06. The van der Waals surface area contributed by atoms with E-state index in [0.717, 1.165) is 4.52 Å². The second kappa shape index (κ2) is 9.51. The Labute approximate surface area is 202 Å². The number of pyridine rings is 1. The van der Waals surface area contributed by atoms with Crippen LogP contribution in [0.15, 0.2) is 24.5 Å². The number of rotatable bonds is 6. The van der Waals surface area contributed by atoms with Crippen LogP contribution in [-0.4, -0.2) is 62.4 Å². The van der Waals surface area contributed by atoms with E-state index in [-0.39, 0.29) is 0 Å². The molecule has 3 nitrogen and oxygen atoms in total. The first-order valence-corrected chi connectivity index (χ1v) is 11.3. The number of aromatic nitrogens is 1. The molecular weight excluding hydrogens is 635 g/mol. The first-order chi connectivity index (χ1) is 16.6. The van der Waals surface area contributed by atoms with Gasteiger partial charge in [0.15, 0.2) is 12.4 Å². The van der Waals surface area contributed by atoms with Gasteiger partial charge in [-0.15, -0.1) is 0 Å². The van der Waals surface area contributed by atoms with Gasteiger partial charge in [0.2, 0.25) is 0 Å². The van der Waals surface area contributed by atoms with Crippen molar-refractivity contribution in [3.8, 4) is 0 Å². The monoisotopic (exact) mass is 648 g/mol. The molecule has 1 rings (SSSR count). The fourth-order valence-electron chi connectivity index (χ4n) is 2.49. The molecule has 39 heavy (non-hydrogen) atoms. The van der Waals surface area contributed by atoms with Crippen LogP contribution in [0.25, 0.3) is 0 Å². The molecule has 0 aliphatic rings. The van der Waals surface area contributed by atoms with Gasteiger partial charge >= 0.3 is 147 Å². The normalized spacial score (nSPS) is 16.6. The van der Waals surface area contributed by atoms with Crippen molar-refractivity contribution in [3.05, 3.63) is 24.5 Å². The van der Waals surface area contributed by atoms with Crippen molar-refractivity contribution in [2.75, 3.05) is 25.6 Å². The van der Waals surface area contributed by atoms with E-state index in [0.29, 0.717) is 0 Å². The first kappa shape index (κ1) is 36.9. The van der Waals surface area contributed by atoms with Gasteiger partial charge in [0.1, 0.15) is 0 Å². The number of halogens is 20. The van der Waals surface area contributed by atoms with Crippen LogP contribution in [-0.2, 0) is 4.52 Å². The van der Waals surface area contributed by atoms with Gasteiger partial charge in [0, 0.05) is 31.9 Å². The topological polar surface area (TPSA) is 26.6 Å². The van der Waals surface area contributed by atoms with Gasteiger partial charge in [-0.2, -0.15) is 0 Å². The molecule has 234 valence electrons. The number of hydrogen-bond donors (Lipinski definition) is 0. The molecule has 0 atom stereocenters. The van der Waals surface area contributed by atoms with E-state index >= 15 is 0 Å². The summed E-state index contributed by atoms with van der Waals surface area (Å²) in [5.74, 6) is 0. The molecule has 0 unspecified atom stereocenters. The van der Waals surface area contributed by atoms with Gasteiger partial charge in [-0.05, 0) is 0 Å². The molecule has 0 aromatic carbocycles. The summed E-state index contributed by atoms with van der Waals surface area (Å²) >= 11 is 0. The standard InChI is InChI=1S/C8H2F20OP.C7H10N2/c9-2(10,11)1-29-30(27,28,6(21,22)3(12,13)14,7(23,24)4(15,16)17)8(25,26)5(18,19)20;1-9(2)7-3-5-8-6-4-7/h1H2;3-6H,1-2H3/q-1;/p+1. The number of hydrogen-bond acceptors (Lipinski definition) is 2. The van der Waals surface area contributed by atoms with E-state index in [2.05, 4.69) is 9.88 Å². The van der Waals surface area contributed by atoms with Crippen LogP contribution >= 0.6 is 6.79 Å². The van der Waals surface area contributed by atoms with Crippen LogP contribution in [0.1, 0.15) is 0 Å². The van der Waals surface area contributed by atoms with Gasteiger partial charge in [-0.3, -0.25) is 0 Å². The second-order valence-electron chi connectivity index (χ2n) is 7.48. The second-order valence-corrected chi connectivity index (χ2v) is 12.1. The maximum absolute atomic E-state index is 14.9. The van der Waals surface area contributed by atoms with Gasteiger partial charge in [-0.1, -0.05) is 0 Å². The van der Waals surface area contributed by atoms with Crippen molar-refractivity contribution in [3.63, 3.8) is 0 Å². The number of alkyl halides is 18. The third-order valence-electron chi connectivity index (χ3n) is 4.58. The number of anilines is 1. The molecular formula is C15H13F20N2OP.